The van der Waals surface area contributed by atoms with Gasteiger partial charge in [-0.05, 0) is 23.6 Å². The monoisotopic (exact) mass is 246 g/mol. The molecule has 0 fully saturated rings. The molecule has 0 aliphatic rings. The quantitative estimate of drug-likeness (QED) is 0.808. The molecule has 5 heteroatoms. The Hall–Kier alpha value is -1.88. The van der Waals surface area contributed by atoms with Gasteiger partial charge in [-0.1, -0.05) is 13.8 Å². The standard InChI is InChI=1S/C13H18N4O/c1-9(2)13(18)16-12-6-10(4-5-14-12)11-7-15-17(3)8-11/h4-9,13,18H,1-3H3,(H,14,16). The predicted molar refractivity (Wildman–Crippen MR) is 70.9 cm³/mol. The maximum atomic E-state index is 9.78. The fourth-order valence-electron chi connectivity index (χ4n) is 1.58. The Kier molecular flexibility index (Phi) is 3.62. The smallest absolute Gasteiger partial charge is 0.128 e. The molecule has 0 amide bonds. The molecule has 0 radical (unpaired) electrons. The Balaban J connectivity index is 2.20. The van der Waals surface area contributed by atoms with Crippen molar-refractivity contribution in [2.45, 2.75) is 20.1 Å². The number of nitrogens with zero attached hydrogens (tertiary/aromatic N) is 3. The minimum atomic E-state index is -0.596. The maximum absolute atomic E-state index is 9.78. The zero-order valence-electron chi connectivity index (χ0n) is 10.8. The SMILES string of the molecule is CC(C)C(O)Nc1cc(-c2cnn(C)c2)ccn1. The Labute approximate surface area is 106 Å². The van der Waals surface area contributed by atoms with Gasteiger partial charge in [0.2, 0.25) is 0 Å². The third-order valence-electron chi connectivity index (χ3n) is 2.73. The summed E-state index contributed by atoms with van der Waals surface area (Å²) < 4.78 is 1.76. The second-order valence-electron chi connectivity index (χ2n) is 4.67. The first-order valence-electron chi connectivity index (χ1n) is 5.96. The van der Waals surface area contributed by atoms with Crippen molar-refractivity contribution in [1.82, 2.24) is 14.8 Å². The van der Waals surface area contributed by atoms with Gasteiger partial charge in [0, 0.05) is 25.0 Å². The van der Waals surface area contributed by atoms with Crippen LogP contribution in [0.15, 0.2) is 30.7 Å². The van der Waals surface area contributed by atoms with E-state index in [2.05, 4.69) is 15.4 Å². The lowest BCUT2D eigenvalue weighted by atomic mass is 10.1. The third-order valence-corrected chi connectivity index (χ3v) is 2.73. The number of hydrogen-bond acceptors (Lipinski definition) is 4. The Bertz CT molecular complexity index is 521. The summed E-state index contributed by atoms with van der Waals surface area (Å²) in [6, 6.07) is 3.83. The van der Waals surface area contributed by atoms with Gasteiger partial charge >= 0.3 is 0 Å². The highest BCUT2D eigenvalue weighted by atomic mass is 16.3. The molecular weight excluding hydrogens is 228 g/mol. The number of pyridine rings is 1. The van der Waals surface area contributed by atoms with Gasteiger partial charge in [-0.25, -0.2) is 4.98 Å². The summed E-state index contributed by atoms with van der Waals surface area (Å²) in [5.74, 6) is 0.798. The van der Waals surface area contributed by atoms with E-state index in [-0.39, 0.29) is 5.92 Å². The summed E-state index contributed by atoms with van der Waals surface area (Å²) in [5.41, 5.74) is 2.05. The summed E-state index contributed by atoms with van der Waals surface area (Å²) in [5, 5.41) is 16.9. The van der Waals surface area contributed by atoms with E-state index in [4.69, 9.17) is 0 Å². The molecule has 2 N–H and O–H groups in total. The van der Waals surface area contributed by atoms with Gasteiger partial charge in [-0.3, -0.25) is 4.68 Å². The van der Waals surface area contributed by atoms with Gasteiger partial charge in [-0.15, -0.1) is 0 Å². The van der Waals surface area contributed by atoms with Crippen LogP contribution in [0.5, 0.6) is 0 Å². The zero-order valence-corrected chi connectivity index (χ0v) is 10.8. The minimum Gasteiger partial charge on any atom is -0.374 e. The first-order valence-corrected chi connectivity index (χ1v) is 5.96. The van der Waals surface area contributed by atoms with Gasteiger partial charge < -0.3 is 10.4 Å². The van der Waals surface area contributed by atoms with E-state index in [1.54, 1.807) is 17.1 Å². The highest BCUT2D eigenvalue weighted by molar-refractivity contribution is 5.64. The molecule has 18 heavy (non-hydrogen) atoms. The molecule has 5 nitrogen and oxygen atoms in total. The molecule has 2 aromatic heterocycles. The van der Waals surface area contributed by atoms with Crippen molar-refractivity contribution >= 4 is 5.82 Å². The van der Waals surface area contributed by atoms with E-state index < -0.39 is 6.23 Å². The molecule has 2 rings (SSSR count). The lowest BCUT2D eigenvalue weighted by molar-refractivity contribution is 0.152. The van der Waals surface area contributed by atoms with Crippen LogP contribution in [0.2, 0.25) is 0 Å². The zero-order chi connectivity index (χ0) is 13.1. The van der Waals surface area contributed by atoms with Crippen molar-refractivity contribution in [3.8, 4) is 11.1 Å². The van der Waals surface area contributed by atoms with Crippen molar-refractivity contribution < 1.29 is 5.11 Å². The molecule has 96 valence electrons. The summed E-state index contributed by atoms with van der Waals surface area (Å²) in [6.07, 6.45) is 4.87. The summed E-state index contributed by atoms with van der Waals surface area (Å²) in [7, 11) is 1.88. The first-order chi connectivity index (χ1) is 8.56. The number of nitrogens with one attached hydrogen (secondary N) is 1. The second-order valence-corrected chi connectivity index (χ2v) is 4.67. The number of hydrogen-bond donors (Lipinski definition) is 2. The molecule has 1 unspecified atom stereocenters. The molecule has 1 atom stereocenters. The topological polar surface area (TPSA) is 63.0 Å². The van der Waals surface area contributed by atoms with E-state index >= 15 is 0 Å². The van der Waals surface area contributed by atoms with Crippen molar-refractivity contribution in [2.75, 3.05) is 5.32 Å². The highest BCUT2D eigenvalue weighted by Gasteiger charge is 2.10. The van der Waals surface area contributed by atoms with Crippen LogP contribution in [-0.2, 0) is 7.05 Å². The Morgan fingerprint density at radius 2 is 2.11 bits per heavy atom. The average Bonchev–Trinajstić information content (AvgIpc) is 2.76. The van der Waals surface area contributed by atoms with Crippen molar-refractivity contribution in [2.24, 2.45) is 13.0 Å². The molecule has 0 saturated heterocycles. The van der Waals surface area contributed by atoms with Crippen LogP contribution in [0.4, 0.5) is 5.82 Å². The number of aliphatic hydroxyl groups is 1. The van der Waals surface area contributed by atoms with Gasteiger partial charge in [0.15, 0.2) is 0 Å². The van der Waals surface area contributed by atoms with Gasteiger partial charge in [0.05, 0.1) is 6.20 Å². The number of aromatic nitrogens is 3. The summed E-state index contributed by atoms with van der Waals surface area (Å²) in [6.45, 7) is 3.89. The van der Waals surface area contributed by atoms with E-state index in [0.29, 0.717) is 5.82 Å². The number of aliphatic hydroxyl groups excluding tert-OH is 1. The molecule has 0 spiro atoms. The summed E-state index contributed by atoms with van der Waals surface area (Å²) >= 11 is 0. The Morgan fingerprint density at radius 3 is 2.72 bits per heavy atom. The van der Waals surface area contributed by atoms with E-state index in [1.165, 1.54) is 0 Å². The third kappa shape index (κ3) is 2.87. The van der Waals surface area contributed by atoms with E-state index in [1.807, 2.05) is 39.2 Å². The molecular formula is C13H18N4O. The summed E-state index contributed by atoms with van der Waals surface area (Å²) in [4.78, 5) is 4.20. The van der Waals surface area contributed by atoms with Gasteiger partial charge in [-0.2, -0.15) is 5.10 Å². The molecule has 0 bridgehead atoms. The fraction of sp³-hybridized carbons (Fsp3) is 0.385. The average molecular weight is 246 g/mol. The fourth-order valence-corrected chi connectivity index (χ4v) is 1.58. The van der Waals surface area contributed by atoms with Crippen LogP contribution in [-0.4, -0.2) is 26.1 Å². The van der Waals surface area contributed by atoms with E-state index in [0.717, 1.165) is 11.1 Å². The predicted octanol–water partition coefficient (Wildman–Crippen LogP) is 1.87. The number of rotatable bonds is 4. The Morgan fingerprint density at radius 1 is 1.33 bits per heavy atom. The van der Waals surface area contributed by atoms with Crippen LogP contribution in [0, 0.1) is 5.92 Å². The first kappa shape index (κ1) is 12.6. The largest absolute Gasteiger partial charge is 0.374 e. The molecule has 2 aromatic rings. The van der Waals surface area contributed by atoms with Crippen molar-refractivity contribution in [3.05, 3.63) is 30.7 Å². The van der Waals surface area contributed by atoms with Crippen LogP contribution in [0.25, 0.3) is 11.1 Å². The minimum absolute atomic E-state index is 0.133. The van der Waals surface area contributed by atoms with Crippen LogP contribution >= 0.6 is 0 Å². The highest BCUT2D eigenvalue weighted by Crippen LogP contribution is 2.20. The number of aryl methyl sites for hydroxylation is 1. The van der Waals surface area contributed by atoms with Crippen molar-refractivity contribution in [3.63, 3.8) is 0 Å². The molecule has 0 saturated carbocycles. The molecule has 0 aliphatic carbocycles. The van der Waals surface area contributed by atoms with E-state index in [9.17, 15) is 5.11 Å². The normalized spacial score (nSPS) is 12.7. The molecule has 0 aliphatic heterocycles. The van der Waals surface area contributed by atoms with Crippen LogP contribution in [0.1, 0.15) is 13.8 Å². The lowest BCUT2D eigenvalue weighted by Gasteiger charge is -2.16. The second kappa shape index (κ2) is 5.18. The van der Waals surface area contributed by atoms with Gasteiger partial charge in [0.25, 0.3) is 0 Å². The van der Waals surface area contributed by atoms with Gasteiger partial charge in [0.1, 0.15) is 12.0 Å². The number of anilines is 1. The van der Waals surface area contributed by atoms with Crippen LogP contribution < -0.4 is 5.32 Å². The van der Waals surface area contributed by atoms with Crippen molar-refractivity contribution in [1.29, 1.82) is 0 Å². The maximum Gasteiger partial charge on any atom is 0.128 e. The molecule has 0 aromatic carbocycles. The van der Waals surface area contributed by atoms with Crippen LogP contribution in [0.3, 0.4) is 0 Å². The lowest BCUT2D eigenvalue weighted by Crippen LogP contribution is -2.25. The molecule has 2 heterocycles.